The first-order chi connectivity index (χ1) is 9.11. The van der Waals surface area contributed by atoms with Crippen LogP contribution in [-0.2, 0) is 17.6 Å². The van der Waals surface area contributed by atoms with Crippen molar-refractivity contribution in [3.63, 3.8) is 0 Å². The Morgan fingerprint density at radius 1 is 1.26 bits per heavy atom. The molecule has 1 rings (SSSR count). The van der Waals surface area contributed by atoms with Crippen molar-refractivity contribution in [1.29, 1.82) is 0 Å². The second kappa shape index (κ2) is 8.70. The van der Waals surface area contributed by atoms with Crippen molar-refractivity contribution < 1.29 is 9.90 Å². The fourth-order valence-electron chi connectivity index (χ4n) is 1.91. The molecule has 3 heteroatoms. The van der Waals surface area contributed by atoms with Gasteiger partial charge in [-0.3, -0.25) is 4.79 Å². The number of aryl methyl sites for hydroxylation is 2. The quantitative estimate of drug-likeness (QED) is 0.708. The minimum Gasteiger partial charge on any atom is -0.393 e. The molecule has 0 saturated heterocycles. The zero-order valence-corrected chi connectivity index (χ0v) is 12.0. The van der Waals surface area contributed by atoms with Crippen LogP contribution in [0.1, 0.15) is 44.2 Å². The highest BCUT2D eigenvalue weighted by atomic mass is 16.3. The first-order valence-corrected chi connectivity index (χ1v) is 7.14. The summed E-state index contributed by atoms with van der Waals surface area (Å²) in [6, 6.07) is 8.44. The number of carbonyl (C=O) groups excluding carboxylic acids is 1. The minimum absolute atomic E-state index is 0.0881. The molecule has 1 aromatic carbocycles. The third kappa shape index (κ3) is 6.97. The monoisotopic (exact) mass is 263 g/mol. The Morgan fingerprint density at radius 2 is 1.89 bits per heavy atom. The maximum Gasteiger partial charge on any atom is 0.220 e. The van der Waals surface area contributed by atoms with Crippen LogP contribution < -0.4 is 5.32 Å². The van der Waals surface area contributed by atoms with Crippen LogP contribution in [0.4, 0.5) is 0 Å². The summed E-state index contributed by atoms with van der Waals surface area (Å²) >= 11 is 0. The molecule has 106 valence electrons. The molecule has 0 aliphatic carbocycles. The van der Waals surface area contributed by atoms with Gasteiger partial charge in [0.1, 0.15) is 0 Å². The number of rotatable bonds is 8. The van der Waals surface area contributed by atoms with Crippen LogP contribution in [0.2, 0.25) is 0 Å². The van der Waals surface area contributed by atoms with E-state index in [1.54, 1.807) is 6.92 Å². The average molecular weight is 263 g/mol. The third-order valence-electron chi connectivity index (χ3n) is 3.19. The second-order valence-electron chi connectivity index (χ2n) is 5.01. The van der Waals surface area contributed by atoms with Gasteiger partial charge in [-0.2, -0.15) is 0 Å². The summed E-state index contributed by atoms with van der Waals surface area (Å²) in [5, 5.41) is 12.0. The summed E-state index contributed by atoms with van der Waals surface area (Å²) in [5.74, 6) is 0.0881. The lowest BCUT2D eigenvalue weighted by Crippen LogP contribution is -2.25. The van der Waals surface area contributed by atoms with Gasteiger partial charge < -0.3 is 10.4 Å². The molecular weight excluding hydrogens is 238 g/mol. The number of aliphatic hydroxyl groups excluding tert-OH is 1. The lowest BCUT2D eigenvalue weighted by atomic mass is 10.1. The van der Waals surface area contributed by atoms with Gasteiger partial charge in [0.25, 0.3) is 0 Å². The molecule has 1 aromatic rings. The van der Waals surface area contributed by atoms with Crippen molar-refractivity contribution in [3.8, 4) is 0 Å². The summed E-state index contributed by atoms with van der Waals surface area (Å²) < 4.78 is 0. The Morgan fingerprint density at radius 3 is 2.47 bits per heavy atom. The fourth-order valence-corrected chi connectivity index (χ4v) is 1.91. The lowest BCUT2D eigenvalue weighted by molar-refractivity contribution is -0.121. The van der Waals surface area contributed by atoms with Crippen LogP contribution in [0.15, 0.2) is 24.3 Å². The molecule has 0 aliphatic rings. The molecule has 0 spiro atoms. The highest BCUT2D eigenvalue weighted by Crippen LogP contribution is 2.07. The van der Waals surface area contributed by atoms with Gasteiger partial charge >= 0.3 is 0 Å². The van der Waals surface area contributed by atoms with Crippen molar-refractivity contribution in [3.05, 3.63) is 35.4 Å². The van der Waals surface area contributed by atoms with Gasteiger partial charge in [0, 0.05) is 13.0 Å². The Bertz CT molecular complexity index is 371. The van der Waals surface area contributed by atoms with E-state index in [4.69, 9.17) is 5.11 Å². The molecular formula is C16H25NO2. The van der Waals surface area contributed by atoms with Gasteiger partial charge in [0.2, 0.25) is 5.91 Å². The number of hydrogen-bond donors (Lipinski definition) is 2. The van der Waals surface area contributed by atoms with Crippen molar-refractivity contribution in [2.75, 3.05) is 6.54 Å². The predicted octanol–water partition coefficient (Wildman–Crippen LogP) is 2.46. The summed E-state index contributed by atoms with van der Waals surface area (Å²) in [6.45, 7) is 4.55. The van der Waals surface area contributed by atoms with E-state index in [1.807, 2.05) is 0 Å². The first kappa shape index (κ1) is 15.7. The topological polar surface area (TPSA) is 49.3 Å². The zero-order valence-electron chi connectivity index (χ0n) is 12.0. The molecule has 1 unspecified atom stereocenters. The predicted molar refractivity (Wildman–Crippen MR) is 78.1 cm³/mol. The Hall–Kier alpha value is -1.35. The van der Waals surface area contributed by atoms with Gasteiger partial charge in [-0.25, -0.2) is 0 Å². The van der Waals surface area contributed by atoms with E-state index in [0.717, 1.165) is 25.7 Å². The van der Waals surface area contributed by atoms with E-state index >= 15 is 0 Å². The van der Waals surface area contributed by atoms with Gasteiger partial charge in [-0.05, 0) is 43.7 Å². The minimum atomic E-state index is -0.283. The molecule has 0 bridgehead atoms. The molecule has 1 amide bonds. The number of amides is 1. The molecule has 0 aliphatic heterocycles. The van der Waals surface area contributed by atoms with Crippen LogP contribution in [0.5, 0.6) is 0 Å². The van der Waals surface area contributed by atoms with Crippen LogP contribution in [0.25, 0.3) is 0 Å². The normalized spacial score (nSPS) is 12.2. The van der Waals surface area contributed by atoms with Gasteiger partial charge in [0.15, 0.2) is 0 Å². The number of carbonyl (C=O) groups is 1. The highest BCUT2D eigenvalue weighted by molar-refractivity contribution is 5.76. The Kier molecular flexibility index (Phi) is 7.19. The average Bonchev–Trinajstić information content (AvgIpc) is 2.41. The zero-order chi connectivity index (χ0) is 14.1. The van der Waals surface area contributed by atoms with E-state index in [9.17, 15) is 4.79 Å². The molecule has 3 nitrogen and oxygen atoms in total. The molecule has 1 atom stereocenters. The summed E-state index contributed by atoms with van der Waals surface area (Å²) in [5.41, 5.74) is 2.53. The van der Waals surface area contributed by atoms with E-state index in [2.05, 4.69) is 36.5 Å². The van der Waals surface area contributed by atoms with Crippen LogP contribution in [0, 0.1) is 0 Å². The summed E-state index contributed by atoms with van der Waals surface area (Å²) in [7, 11) is 0. The van der Waals surface area contributed by atoms with Crippen molar-refractivity contribution >= 4 is 5.91 Å². The molecule has 0 saturated carbocycles. The Balaban J connectivity index is 2.18. The number of nitrogens with one attached hydrogen (secondary N) is 1. The highest BCUT2D eigenvalue weighted by Gasteiger charge is 2.02. The summed E-state index contributed by atoms with van der Waals surface area (Å²) in [6.07, 6.45) is 3.64. The maximum absolute atomic E-state index is 11.6. The second-order valence-corrected chi connectivity index (χ2v) is 5.01. The summed E-state index contributed by atoms with van der Waals surface area (Å²) in [4.78, 5) is 11.6. The standard InChI is InChI=1S/C16H25NO2/c1-3-14-6-8-15(9-7-14)10-11-16(19)17-12-4-5-13(2)18/h6-9,13,18H,3-5,10-12H2,1-2H3,(H,17,19). The van der Waals surface area contributed by atoms with Gasteiger partial charge in [-0.1, -0.05) is 31.2 Å². The Labute approximate surface area is 116 Å². The molecule has 0 radical (unpaired) electrons. The number of aliphatic hydroxyl groups is 1. The molecule has 2 N–H and O–H groups in total. The van der Waals surface area contributed by atoms with Crippen LogP contribution in [-0.4, -0.2) is 23.7 Å². The SMILES string of the molecule is CCc1ccc(CCC(=O)NCCCC(C)O)cc1. The molecule has 0 heterocycles. The smallest absolute Gasteiger partial charge is 0.220 e. The van der Waals surface area contributed by atoms with Crippen molar-refractivity contribution in [2.45, 2.75) is 52.1 Å². The fraction of sp³-hybridized carbons (Fsp3) is 0.562. The molecule has 0 aromatic heterocycles. The van der Waals surface area contributed by atoms with Crippen LogP contribution >= 0.6 is 0 Å². The lowest BCUT2D eigenvalue weighted by Gasteiger charge is -2.07. The number of benzene rings is 1. The number of hydrogen-bond acceptors (Lipinski definition) is 2. The van der Waals surface area contributed by atoms with E-state index in [-0.39, 0.29) is 12.0 Å². The largest absolute Gasteiger partial charge is 0.393 e. The third-order valence-corrected chi connectivity index (χ3v) is 3.19. The van der Waals surface area contributed by atoms with E-state index in [0.29, 0.717) is 13.0 Å². The van der Waals surface area contributed by atoms with Gasteiger partial charge in [0.05, 0.1) is 6.10 Å². The van der Waals surface area contributed by atoms with Crippen LogP contribution in [0.3, 0.4) is 0 Å². The molecule has 19 heavy (non-hydrogen) atoms. The van der Waals surface area contributed by atoms with Crippen molar-refractivity contribution in [1.82, 2.24) is 5.32 Å². The maximum atomic E-state index is 11.6. The first-order valence-electron chi connectivity index (χ1n) is 7.14. The van der Waals surface area contributed by atoms with E-state index < -0.39 is 0 Å². The molecule has 0 fully saturated rings. The van der Waals surface area contributed by atoms with Gasteiger partial charge in [-0.15, -0.1) is 0 Å². The van der Waals surface area contributed by atoms with Crippen molar-refractivity contribution in [2.24, 2.45) is 0 Å². The van der Waals surface area contributed by atoms with E-state index in [1.165, 1.54) is 11.1 Å².